The lowest BCUT2D eigenvalue weighted by atomic mass is 10.0. The molecule has 0 bridgehead atoms. The second-order valence-electron chi connectivity index (χ2n) is 5.15. The van der Waals surface area contributed by atoms with Crippen LogP contribution in [0, 0.1) is 0 Å². The van der Waals surface area contributed by atoms with Crippen molar-refractivity contribution in [1.82, 2.24) is 0 Å². The van der Waals surface area contributed by atoms with Gasteiger partial charge in [0.05, 0.1) is 18.2 Å². The van der Waals surface area contributed by atoms with Gasteiger partial charge in [0.25, 0.3) is 0 Å². The minimum Gasteiger partial charge on any atom is -0.496 e. The predicted octanol–water partition coefficient (Wildman–Crippen LogP) is 4.03. The number of ether oxygens (including phenoxy) is 1. The number of fused-ring (bicyclic) bond motifs is 1. The molecule has 0 unspecified atom stereocenters. The maximum absolute atomic E-state index is 12.8. The van der Waals surface area contributed by atoms with E-state index in [1.165, 1.54) is 12.1 Å². The van der Waals surface area contributed by atoms with Gasteiger partial charge in [0.15, 0.2) is 12.8 Å². The summed E-state index contributed by atoms with van der Waals surface area (Å²) in [7, 11) is 1.59. The van der Waals surface area contributed by atoms with E-state index in [4.69, 9.17) is 4.74 Å². The minimum absolute atomic E-state index is 0.534. The van der Waals surface area contributed by atoms with Crippen LogP contribution < -0.4 is 4.74 Å². The summed E-state index contributed by atoms with van der Waals surface area (Å²) < 4.78 is 45.7. The molecule has 1 aliphatic heterocycles. The van der Waals surface area contributed by atoms with E-state index < -0.39 is 11.7 Å². The predicted molar refractivity (Wildman–Crippen MR) is 78.1 cm³/mol. The molecule has 0 radical (unpaired) electrons. The second kappa shape index (κ2) is 5.48. The zero-order chi connectivity index (χ0) is 15.7. The summed E-state index contributed by atoms with van der Waals surface area (Å²) in [5, 5.41) is 0. The van der Waals surface area contributed by atoms with Crippen molar-refractivity contribution in [2.45, 2.75) is 12.6 Å². The average Bonchev–Trinajstić information content (AvgIpc) is 2.53. The van der Waals surface area contributed by atoms with Crippen LogP contribution in [0.3, 0.4) is 0 Å². The van der Waals surface area contributed by atoms with E-state index in [1.807, 2.05) is 29.0 Å². The van der Waals surface area contributed by atoms with Gasteiger partial charge in [0, 0.05) is 18.6 Å². The molecule has 0 aliphatic carbocycles. The van der Waals surface area contributed by atoms with Gasteiger partial charge in [-0.25, -0.2) is 0 Å². The Morgan fingerprint density at radius 3 is 2.59 bits per heavy atom. The Hall–Kier alpha value is -2.30. The molecule has 1 heterocycles. The zero-order valence-electron chi connectivity index (χ0n) is 12.0. The summed E-state index contributed by atoms with van der Waals surface area (Å²) in [5.74, 6) is 0.731. The molecule has 3 rings (SSSR count). The molecule has 0 atom stereocenters. The molecule has 22 heavy (non-hydrogen) atoms. The van der Waals surface area contributed by atoms with Gasteiger partial charge in [-0.3, -0.25) is 0 Å². The van der Waals surface area contributed by atoms with Crippen LogP contribution in [0.1, 0.15) is 16.7 Å². The van der Waals surface area contributed by atoms with Crippen molar-refractivity contribution in [2.24, 2.45) is 0 Å². The fourth-order valence-corrected chi connectivity index (χ4v) is 2.66. The monoisotopic (exact) mass is 306 g/mol. The van der Waals surface area contributed by atoms with Crippen molar-refractivity contribution < 1.29 is 22.5 Å². The largest absolute Gasteiger partial charge is 0.496 e. The van der Waals surface area contributed by atoms with E-state index >= 15 is 0 Å². The van der Waals surface area contributed by atoms with Gasteiger partial charge in [0.2, 0.25) is 5.69 Å². The van der Waals surface area contributed by atoms with E-state index in [1.54, 1.807) is 13.2 Å². The number of nitrogens with zero attached hydrogens (tertiary/aromatic N) is 1. The van der Waals surface area contributed by atoms with Crippen LogP contribution in [0.4, 0.5) is 18.9 Å². The number of benzene rings is 2. The maximum atomic E-state index is 12.8. The molecule has 1 aliphatic rings. The molecule has 0 N–H and O–H groups in total. The third-order valence-electron chi connectivity index (χ3n) is 3.79. The number of methoxy groups -OCH3 is 1. The van der Waals surface area contributed by atoms with Crippen molar-refractivity contribution in [3.63, 3.8) is 0 Å². The Morgan fingerprint density at radius 1 is 1.09 bits per heavy atom. The summed E-state index contributed by atoms with van der Waals surface area (Å²) in [5.41, 5.74) is 1.96. The van der Waals surface area contributed by atoms with E-state index in [2.05, 4.69) is 0 Å². The first-order valence-corrected chi connectivity index (χ1v) is 6.93. The van der Waals surface area contributed by atoms with Gasteiger partial charge in [-0.1, -0.05) is 18.2 Å². The Bertz CT molecular complexity index is 735. The van der Waals surface area contributed by atoms with Crippen LogP contribution in [0.25, 0.3) is 0 Å². The molecule has 0 saturated heterocycles. The molecule has 0 amide bonds. The normalized spacial score (nSPS) is 14.3. The fourth-order valence-electron chi connectivity index (χ4n) is 2.66. The molecule has 2 aromatic carbocycles. The molecule has 2 aromatic rings. The van der Waals surface area contributed by atoms with Gasteiger partial charge in [-0.2, -0.15) is 17.7 Å². The lowest BCUT2D eigenvalue weighted by Gasteiger charge is -2.15. The fraction of sp³-hybridized carbons (Fsp3) is 0.235. The molecule has 0 saturated carbocycles. The Kier molecular flexibility index (Phi) is 3.64. The first kappa shape index (κ1) is 14.6. The minimum atomic E-state index is -4.33. The smallest absolute Gasteiger partial charge is 0.416 e. The number of alkyl halides is 3. The quantitative estimate of drug-likeness (QED) is 0.763. The van der Waals surface area contributed by atoms with Crippen molar-refractivity contribution in [3.05, 3.63) is 59.2 Å². The van der Waals surface area contributed by atoms with Gasteiger partial charge >= 0.3 is 6.18 Å². The molecular formula is C17H15F3NO+. The summed E-state index contributed by atoms with van der Waals surface area (Å²) in [6, 6.07) is 11.2. The number of hydrogen-bond acceptors (Lipinski definition) is 1. The Balaban J connectivity index is 2.05. The van der Waals surface area contributed by atoms with Crippen molar-refractivity contribution in [3.8, 4) is 5.75 Å². The third kappa shape index (κ3) is 2.71. The third-order valence-corrected chi connectivity index (χ3v) is 3.79. The molecule has 2 nitrogen and oxygen atoms in total. The van der Waals surface area contributed by atoms with Crippen LogP contribution in [0.2, 0.25) is 0 Å². The van der Waals surface area contributed by atoms with E-state index in [0.717, 1.165) is 29.4 Å². The highest BCUT2D eigenvalue weighted by atomic mass is 19.4. The molecule has 0 aromatic heterocycles. The van der Waals surface area contributed by atoms with Gasteiger partial charge in [-0.15, -0.1) is 0 Å². The highest BCUT2D eigenvalue weighted by molar-refractivity contribution is 5.83. The van der Waals surface area contributed by atoms with Crippen molar-refractivity contribution in [2.75, 3.05) is 13.7 Å². The van der Waals surface area contributed by atoms with Gasteiger partial charge in [-0.05, 0) is 17.7 Å². The van der Waals surface area contributed by atoms with Crippen molar-refractivity contribution in [1.29, 1.82) is 0 Å². The Labute approximate surface area is 126 Å². The average molecular weight is 306 g/mol. The first-order chi connectivity index (χ1) is 10.5. The summed E-state index contributed by atoms with van der Waals surface area (Å²) >= 11 is 0. The molecule has 114 valence electrons. The number of halogens is 3. The summed E-state index contributed by atoms with van der Waals surface area (Å²) in [4.78, 5) is 0. The molecule has 0 fully saturated rings. The van der Waals surface area contributed by atoms with E-state index in [-0.39, 0.29) is 0 Å². The summed E-state index contributed by atoms with van der Waals surface area (Å²) in [6.45, 7) is 0.640. The molecular weight excluding hydrogens is 291 g/mol. The SMILES string of the molecule is COc1cccc2c1C=[N+](c1cccc(C(F)(F)F)c1)CC2. The Morgan fingerprint density at radius 2 is 1.86 bits per heavy atom. The maximum Gasteiger partial charge on any atom is 0.416 e. The van der Waals surface area contributed by atoms with Crippen LogP contribution in [0.5, 0.6) is 5.75 Å². The topological polar surface area (TPSA) is 12.2 Å². The standard InChI is InChI=1S/C17H15F3NO/c1-22-16-7-2-4-12-8-9-21(11-15(12)16)14-6-3-5-13(10-14)17(18,19)20/h2-7,10-11H,8-9H2,1H3/q+1. The van der Waals surface area contributed by atoms with Crippen LogP contribution in [-0.2, 0) is 12.6 Å². The van der Waals surface area contributed by atoms with Gasteiger partial charge < -0.3 is 4.74 Å². The molecule has 0 spiro atoms. The lowest BCUT2D eigenvalue weighted by Crippen LogP contribution is -2.19. The number of rotatable bonds is 2. The van der Waals surface area contributed by atoms with Crippen LogP contribution in [-0.4, -0.2) is 24.4 Å². The highest BCUT2D eigenvalue weighted by Crippen LogP contribution is 2.32. The van der Waals surface area contributed by atoms with Crippen LogP contribution in [0.15, 0.2) is 42.5 Å². The van der Waals surface area contributed by atoms with Crippen LogP contribution >= 0.6 is 0 Å². The van der Waals surface area contributed by atoms with E-state index in [0.29, 0.717) is 12.2 Å². The molecule has 5 heteroatoms. The zero-order valence-corrected chi connectivity index (χ0v) is 12.0. The first-order valence-electron chi connectivity index (χ1n) is 6.93. The van der Waals surface area contributed by atoms with Crippen molar-refractivity contribution >= 4 is 11.9 Å². The lowest BCUT2D eigenvalue weighted by molar-refractivity contribution is -0.436. The van der Waals surface area contributed by atoms with Gasteiger partial charge in [0.1, 0.15) is 5.75 Å². The summed E-state index contributed by atoms with van der Waals surface area (Å²) in [6.07, 6.45) is -1.71. The van der Waals surface area contributed by atoms with E-state index in [9.17, 15) is 13.2 Å². The second-order valence-corrected chi connectivity index (χ2v) is 5.15. The number of hydrogen-bond donors (Lipinski definition) is 0. The highest BCUT2D eigenvalue weighted by Gasteiger charge is 2.32.